The molecule has 2 aromatic rings. The molecular formula is C16H19N3O2. The van der Waals surface area contributed by atoms with Crippen LogP contribution in [0.4, 0.5) is 5.95 Å². The normalized spacial score (nSPS) is 15.1. The molecule has 0 radical (unpaired) electrons. The number of methoxy groups -OCH3 is 1. The van der Waals surface area contributed by atoms with Gasteiger partial charge in [-0.1, -0.05) is 12.8 Å². The van der Waals surface area contributed by atoms with Crippen molar-refractivity contribution in [2.75, 3.05) is 12.4 Å². The van der Waals surface area contributed by atoms with Crippen molar-refractivity contribution < 1.29 is 4.74 Å². The van der Waals surface area contributed by atoms with E-state index in [1.165, 1.54) is 18.9 Å². The SMILES string of the molecule is COc1ccc(-c2cc(=O)[nH]c(NC3CCCC3)n2)cc1. The second-order valence-corrected chi connectivity index (χ2v) is 5.33. The van der Waals surface area contributed by atoms with E-state index in [-0.39, 0.29) is 5.56 Å². The highest BCUT2D eigenvalue weighted by molar-refractivity contribution is 5.60. The van der Waals surface area contributed by atoms with Gasteiger partial charge < -0.3 is 10.1 Å². The number of H-pyrrole nitrogens is 1. The fourth-order valence-electron chi connectivity index (χ4n) is 2.70. The van der Waals surface area contributed by atoms with Gasteiger partial charge >= 0.3 is 0 Å². The van der Waals surface area contributed by atoms with E-state index < -0.39 is 0 Å². The van der Waals surface area contributed by atoms with E-state index in [0.717, 1.165) is 24.2 Å². The Morgan fingerprint density at radius 3 is 2.62 bits per heavy atom. The van der Waals surface area contributed by atoms with Crippen molar-refractivity contribution in [1.29, 1.82) is 0 Å². The van der Waals surface area contributed by atoms with Gasteiger partial charge in [-0.25, -0.2) is 4.98 Å². The van der Waals surface area contributed by atoms with Crippen LogP contribution in [0.25, 0.3) is 11.3 Å². The molecule has 21 heavy (non-hydrogen) atoms. The van der Waals surface area contributed by atoms with Gasteiger partial charge in [-0.2, -0.15) is 0 Å². The summed E-state index contributed by atoms with van der Waals surface area (Å²) in [7, 11) is 1.63. The largest absolute Gasteiger partial charge is 0.497 e. The van der Waals surface area contributed by atoms with Gasteiger partial charge in [0, 0.05) is 17.7 Å². The molecule has 0 aliphatic heterocycles. The summed E-state index contributed by atoms with van der Waals surface area (Å²) in [5, 5.41) is 3.32. The Labute approximate surface area is 123 Å². The van der Waals surface area contributed by atoms with E-state index in [4.69, 9.17) is 4.74 Å². The molecule has 1 aromatic carbocycles. The molecule has 1 saturated carbocycles. The van der Waals surface area contributed by atoms with Crippen LogP contribution in [0.2, 0.25) is 0 Å². The molecule has 0 amide bonds. The average molecular weight is 285 g/mol. The minimum atomic E-state index is -0.142. The van der Waals surface area contributed by atoms with E-state index in [2.05, 4.69) is 15.3 Å². The number of nitrogens with zero attached hydrogens (tertiary/aromatic N) is 1. The van der Waals surface area contributed by atoms with Crippen molar-refractivity contribution in [3.63, 3.8) is 0 Å². The van der Waals surface area contributed by atoms with E-state index in [0.29, 0.717) is 17.7 Å². The molecule has 1 aliphatic carbocycles. The summed E-state index contributed by atoms with van der Waals surface area (Å²) in [5.41, 5.74) is 1.43. The topological polar surface area (TPSA) is 67.0 Å². The number of rotatable bonds is 4. The Balaban J connectivity index is 1.87. The van der Waals surface area contributed by atoms with E-state index >= 15 is 0 Å². The molecule has 1 aliphatic rings. The highest BCUT2D eigenvalue weighted by Gasteiger charge is 2.15. The van der Waals surface area contributed by atoms with Gasteiger partial charge in [0.1, 0.15) is 5.75 Å². The van der Waals surface area contributed by atoms with Crippen molar-refractivity contribution in [2.24, 2.45) is 0 Å². The van der Waals surface area contributed by atoms with E-state index in [1.54, 1.807) is 7.11 Å². The molecule has 1 heterocycles. The summed E-state index contributed by atoms with van der Waals surface area (Å²) in [5.74, 6) is 1.34. The molecule has 5 nitrogen and oxygen atoms in total. The van der Waals surface area contributed by atoms with Crippen LogP contribution < -0.4 is 15.6 Å². The van der Waals surface area contributed by atoms with E-state index in [1.807, 2.05) is 24.3 Å². The molecule has 110 valence electrons. The second-order valence-electron chi connectivity index (χ2n) is 5.33. The lowest BCUT2D eigenvalue weighted by Crippen LogP contribution is -2.20. The Bertz CT molecular complexity index is 658. The van der Waals surface area contributed by atoms with Gasteiger partial charge in [0.15, 0.2) is 0 Å². The number of hydrogen-bond donors (Lipinski definition) is 2. The summed E-state index contributed by atoms with van der Waals surface area (Å²) >= 11 is 0. The van der Waals surface area contributed by atoms with Crippen LogP contribution in [0.3, 0.4) is 0 Å². The number of benzene rings is 1. The van der Waals surface area contributed by atoms with Gasteiger partial charge in [0.05, 0.1) is 12.8 Å². The third kappa shape index (κ3) is 3.24. The molecule has 0 bridgehead atoms. The van der Waals surface area contributed by atoms with Gasteiger partial charge in [-0.15, -0.1) is 0 Å². The summed E-state index contributed by atoms with van der Waals surface area (Å²) in [6.07, 6.45) is 4.74. The zero-order valence-electron chi connectivity index (χ0n) is 12.1. The zero-order chi connectivity index (χ0) is 14.7. The summed E-state index contributed by atoms with van der Waals surface area (Å²) in [6, 6.07) is 9.46. The maximum Gasteiger partial charge on any atom is 0.252 e. The Kier molecular flexibility index (Phi) is 3.90. The molecule has 0 atom stereocenters. The molecule has 1 fully saturated rings. The highest BCUT2D eigenvalue weighted by atomic mass is 16.5. The zero-order valence-corrected chi connectivity index (χ0v) is 12.1. The lowest BCUT2D eigenvalue weighted by molar-refractivity contribution is 0.415. The average Bonchev–Trinajstić information content (AvgIpc) is 2.99. The van der Waals surface area contributed by atoms with Gasteiger partial charge in [0.2, 0.25) is 5.95 Å². The molecule has 0 unspecified atom stereocenters. The maximum absolute atomic E-state index is 11.8. The first-order chi connectivity index (χ1) is 10.2. The van der Waals surface area contributed by atoms with Crippen molar-refractivity contribution in [3.8, 4) is 17.0 Å². The monoisotopic (exact) mass is 285 g/mol. The highest BCUT2D eigenvalue weighted by Crippen LogP contribution is 2.23. The van der Waals surface area contributed by atoms with Crippen LogP contribution in [-0.2, 0) is 0 Å². The molecule has 3 rings (SSSR count). The standard InChI is InChI=1S/C16H19N3O2/c1-21-13-8-6-11(7-9-13)14-10-15(20)19-16(18-14)17-12-4-2-3-5-12/h6-10,12H,2-5H2,1H3,(H2,17,18,19,20). The smallest absolute Gasteiger partial charge is 0.252 e. The van der Waals surface area contributed by atoms with Crippen LogP contribution in [0.15, 0.2) is 35.1 Å². The van der Waals surface area contributed by atoms with Gasteiger partial charge in [-0.3, -0.25) is 9.78 Å². The van der Waals surface area contributed by atoms with Crippen LogP contribution in [0, 0.1) is 0 Å². The number of ether oxygens (including phenoxy) is 1. The first-order valence-electron chi connectivity index (χ1n) is 7.27. The fraction of sp³-hybridized carbons (Fsp3) is 0.375. The summed E-state index contributed by atoms with van der Waals surface area (Å²) in [4.78, 5) is 19.1. The van der Waals surface area contributed by atoms with Crippen LogP contribution in [-0.4, -0.2) is 23.1 Å². The van der Waals surface area contributed by atoms with Crippen molar-refractivity contribution in [2.45, 2.75) is 31.7 Å². The minimum absolute atomic E-state index is 0.142. The third-order valence-corrected chi connectivity index (χ3v) is 3.82. The van der Waals surface area contributed by atoms with Gasteiger partial charge in [-0.05, 0) is 37.1 Å². The lowest BCUT2D eigenvalue weighted by Gasteiger charge is -2.13. The van der Waals surface area contributed by atoms with Crippen molar-refractivity contribution in [1.82, 2.24) is 9.97 Å². The van der Waals surface area contributed by atoms with Crippen molar-refractivity contribution in [3.05, 3.63) is 40.7 Å². The Morgan fingerprint density at radius 1 is 1.24 bits per heavy atom. The van der Waals surface area contributed by atoms with Crippen LogP contribution in [0.1, 0.15) is 25.7 Å². The third-order valence-electron chi connectivity index (χ3n) is 3.82. The van der Waals surface area contributed by atoms with Crippen LogP contribution in [0.5, 0.6) is 5.75 Å². The Morgan fingerprint density at radius 2 is 1.95 bits per heavy atom. The summed E-state index contributed by atoms with van der Waals surface area (Å²) < 4.78 is 5.14. The number of anilines is 1. The number of hydrogen-bond acceptors (Lipinski definition) is 4. The fourth-order valence-corrected chi connectivity index (χ4v) is 2.70. The molecule has 1 aromatic heterocycles. The van der Waals surface area contributed by atoms with Crippen LogP contribution >= 0.6 is 0 Å². The summed E-state index contributed by atoms with van der Waals surface area (Å²) in [6.45, 7) is 0. The first-order valence-corrected chi connectivity index (χ1v) is 7.27. The molecule has 0 saturated heterocycles. The number of aromatic nitrogens is 2. The predicted octanol–water partition coefficient (Wildman–Crippen LogP) is 2.80. The number of nitrogens with one attached hydrogen (secondary N) is 2. The lowest BCUT2D eigenvalue weighted by atomic mass is 10.1. The molecule has 0 spiro atoms. The van der Waals surface area contributed by atoms with Crippen molar-refractivity contribution >= 4 is 5.95 Å². The first kappa shape index (κ1) is 13.7. The number of aromatic amines is 1. The van der Waals surface area contributed by atoms with E-state index in [9.17, 15) is 4.79 Å². The molecular weight excluding hydrogens is 266 g/mol. The second kappa shape index (κ2) is 5.99. The molecule has 2 N–H and O–H groups in total. The maximum atomic E-state index is 11.8. The molecule has 5 heteroatoms. The Hall–Kier alpha value is -2.30. The van der Waals surface area contributed by atoms with Gasteiger partial charge in [0.25, 0.3) is 5.56 Å². The quantitative estimate of drug-likeness (QED) is 0.906. The minimum Gasteiger partial charge on any atom is -0.497 e. The predicted molar refractivity (Wildman–Crippen MR) is 82.7 cm³/mol.